The van der Waals surface area contributed by atoms with E-state index in [1.165, 1.54) is 35.6 Å². The molecule has 1 unspecified atom stereocenters. The number of fused-ring (bicyclic) bond motifs is 1. The lowest BCUT2D eigenvalue weighted by Gasteiger charge is -2.12. The van der Waals surface area contributed by atoms with Crippen LogP contribution in [0.15, 0.2) is 41.1 Å². The van der Waals surface area contributed by atoms with E-state index in [4.69, 9.17) is 0 Å². The number of hydrogen-bond donors (Lipinski definition) is 2. The zero-order chi connectivity index (χ0) is 17.1. The van der Waals surface area contributed by atoms with E-state index in [1.54, 1.807) is 0 Å². The smallest absolute Gasteiger partial charge is 0.270 e. The highest BCUT2D eigenvalue weighted by atomic mass is 32.1. The summed E-state index contributed by atoms with van der Waals surface area (Å²) in [6.45, 7) is 0.243. The molecule has 3 aromatic rings. The summed E-state index contributed by atoms with van der Waals surface area (Å²) in [5, 5.41) is 37.4. The Morgan fingerprint density at radius 2 is 2.25 bits per heavy atom. The van der Waals surface area contributed by atoms with E-state index in [-0.39, 0.29) is 17.8 Å². The van der Waals surface area contributed by atoms with Gasteiger partial charge in [0.05, 0.1) is 28.2 Å². The van der Waals surface area contributed by atoms with Crippen molar-refractivity contribution in [2.75, 3.05) is 11.9 Å². The largest absolute Gasteiger partial charge is 0.387 e. The summed E-state index contributed by atoms with van der Waals surface area (Å²) in [7, 11) is 0. The molecule has 0 spiro atoms. The van der Waals surface area contributed by atoms with Crippen LogP contribution in [-0.4, -0.2) is 21.6 Å². The van der Waals surface area contributed by atoms with Crippen molar-refractivity contribution in [1.82, 2.24) is 4.98 Å². The number of nitro benzene ring substituents is 1. The molecule has 0 amide bonds. The molecule has 7 nitrogen and oxygen atoms in total. The molecule has 24 heavy (non-hydrogen) atoms. The Kier molecular flexibility index (Phi) is 4.37. The summed E-state index contributed by atoms with van der Waals surface area (Å²) in [5.41, 5.74) is 1.49. The lowest BCUT2D eigenvalue weighted by atomic mass is 10.1. The van der Waals surface area contributed by atoms with Gasteiger partial charge >= 0.3 is 0 Å². The number of nitrogens with one attached hydrogen (secondary N) is 1. The summed E-state index contributed by atoms with van der Waals surface area (Å²) >= 11 is 1.50. The molecule has 1 aromatic carbocycles. The average Bonchev–Trinajstić information content (AvgIpc) is 3.13. The second-order valence-corrected chi connectivity index (χ2v) is 5.86. The third-order valence-electron chi connectivity index (χ3n) is 3.53. The van der Waals surface area contributed by atoms with Crippen LogP contribution in [0.3, 0.4) is 0 Å². The van der Waals surface area contributed by atoms with Gasteiger partial charge in [0.2, 0.25) is 0 Å². The highest BCUT2D eigenvalue weighted by Gasteiger charge is 2.13. The maximum absolute atomic E-state index is 10.9. The molecular weight excluding hydrogens is 328 g/mol. The fourth-order valence-electron chi connectivity index (χ4n) is 2.29. The van der Waals surface area contributed by atoms with Crippen LogP contribution in [0.5, 0.6) is 0 Å². The minimum Gasteiger partial charge on any atom is -0.387 e. The number of aliphatic hydroxyl groups excluding tert-OH is 1. The molecule has 0 aliphatic heterocycles. The van der Waals surface area contributed by atoms with E-state index in [1.807, 2.05) is 22.9 Å². The van der Waals surface area contributed by atoms with Gasteiger partial charge in [-0.3, -0.25) is 10.1 Å². The number of pyridine rings is 1. The minimum absolute atomic E-state index is 0.0885. The number of nitriles is 1. The van der Waals surface area contributed by atoms with E-state index in [2.05, 4.69) is 10.3 Å². The maximum atomic E-state index is 10.9. The first-order valence-electron chi connectivity index (χ1n) is 7.02. The van der Waals surface area contributed by atoms with Crippen molar-refractivity contribution in [3.8, 4) is 6.07 Å². The molecule has 2 heterocycles. The Morgan fingerprint density at radius 1 is 1.42 bits per heavy atom. The van der Waals surface area contributed by atoms with Crippen LogP contribution < -0.4 is 5.32 Å². The number of nitro groups is 1. The number of nitrogens with zero attached hydrogens (tertiary/aromatic N) is 3. The summed E-state index contributed by atoms with van der Waals surface area (Å²) in [5.74, 6) is 0.433. The van der Waals surface area contributed by atoms with Gasteiger partial charge in [-0.2, -0.15) is 16.6 Å². The molecule has 0 fully saturated rings. The number of rotatable bonds is 5. The monoisotopic (exact) mass is 340 g/mol. The molecule has 0 aliphatic carbocycles. The number of thiophene rings is 1. The molecule has 0 saturated heterocycles. The molecule has 0 radical (unpaired) electrons. The Morgan fingerprint density at radius 3 is 2.92 bits per heavy atom. The topological polar surface area (TPSA) is 112 Å². The van der Waals surface area contributed by atoms with Crippen molar-refractivity contribution in [2.45, 2.75) is 6.10 Å². The number of anilines is 1. The standard InChI is InChI=1S/C16H12N4O3S/c17-7-11-5-16(18-8-15(21)10-3-4-24-9-10)19-14-2-1-12(20(22)23)6-13(11)14/h1-6,9,15,21H,8H2,(H,18,19). The van der Waals surface area contributed by atoms with Crippen molar-refractivity contribution < 1.29 is 10.0 Å². The number of hydrogen-bond acceptors (Lipinski definition) is 7. The lowest BCUT2D eigenvalue weighted by Crippen LogP contribution is -2.12. The van der Waals surface area contributed by atoms with Crippen LogP contribution in [0.4, 0.5) is 11.5 Å². The Hall–Kier alpha value is -3.02. The summed E-state index contributed by atoms with van der Waals surface area (Å²) < 4.78 is 0. The predicted molar refractivity (Wildman–Crippen MR) is 90.9 cm³/mol. The Bertz CT molecular complexity index is 934. The quantitative estimate of drug-likeness (QED) is 0.545. The molecule has 120 valence electrons. The molecule has 1 atom stereocenters. The van der Waals surface area contributed by atoms with Gasteiger partial charge < -0.3 is 10.4 Å². The van der Waals surface area contributed by atoms with Crippen molar-refractivity contribution >= 4 is 33.7 Å². The van der Waals surface area contributed by atoms with Crippen molar-refractivity contribution in [2.24, 2.45) is 0 Å². The second-order valence-electron chi connectivity index (χ2n) is 5.08. The maximum Gasteiger partial charge on any atom is 0.270 e. The van der Waals surface area contributed by atoms with Crippen molar-refractivity contribution in [3.63, 3.8) is 0 Å². The van der Waals surface area contributed by atoms with Gasteiger partial charge in [-0.05, 0) is 34.5 Å². The van der Waals surface area contributed by atoms with Gasteiger partial charge in [-0.25, -0.2) is 4.98 Å². The fourth-order valence-corrected chi connectivity index (χ4v) is 3.00. The zero-order valence-corrected chi connectivity index (χ0v) is 13.2. The van der Waals surface area contributed by atoms with Crippen LogP contribution in [0.2, 0.25) is 0 Å². The first-order valence-corrected chi connectivity index (χ1v) is 7.96. The van der Waals surface area contributed by atoms with Crippen molar-refractivity contribution in [3.05, 3.63) is 62.3 Å². The van der Waals surface area contributed by atoms with Gasteiger partial charge in [0.15, 0.2) is 0 Å². The van der Waals surface area contributed by atoms with Gasteiger partial charge in [-0.15, -0.1) is 0 Å². The van der Waals surface area contributed by atoms with E-state index in [0.29, 0.717) is 16.7 Å². The third-order valence-corrected chi connectivity index (χ3v) is 4.23. The molecule has 8 heteroatoms. The average molecular weight is 340 g/mol. The fraction of sp³-hybridized carbons (Fsp3) is 0.125. The molecule has 0 bridgehead atoms. The van der Waals surface area contributed by atoms with E-state index < -0.39 is 11.0 Å². The van der Waals surface area contributed by atoms with Crippen LogP contribution in [0.1, 0.15) is 17.2 Å². The van der Waals surface area contributed by atoms with Crippen LogP contribution in [-0.2, 0) is 0 Å². The molecule has 3 rings (SSSR count). The zero-order valence-electron chi connectivity index (χ0n) is 12.3. The second kappa shape index (κ2) is 6.62. The highest BCUT2D eigenvalue weighted by Crippen LogP contribution is 2.25. The van der Waals surface area contributed by atoms with E-state index in [9.17, 15) is 20.5 Å². The van der Waals surface area contributed by atoms with Crippen LogP contribution >= 0.6 is 11.3 Å². The molecule has 2 N–H and O–H groups in total. The predicted octanol–water partition coefficient (Wildman–Crippen LogP) is 3.22. The summed E-state index contributed by atoms with van der Waals surface area (Å²) in [6, 6.07) is 9.58. The van der Waals surface area contributed by atoms with Crippen LogP contribution in [0, 0.1) is 21.4 Å². The highest BCUT2D eigenvalue weighted by molar-refractivity contribution is 7.07. The minimum atomic E-state index is -0.684. The first-order chi connectivity index (χ1) is 11.6. The number of aromatic nitrogens is 1. The van der Waals surface area contributed by atoms with E-state index >= 15 is 0 Å². The van der Waals surface area contributed by atoms with Gasteiger partial charge in [-0.1, -0.05) is 0 Å². The lowest BCUT2D eigenvalue weighted by molar-refractivity contribution is -0.384. The molecular formula is C16H12N4O3S. The van der Waals surface area contributed by atoms with Gasteiger partial charge in [0.25, 0.3) is 5.69 Å². The molecule has 0 saturated carbocycles. The molecule has 0 aliphatic rings. The number of benzene rings is 1. The van der Waals surface area contributed by atoms with E-state index in [0.717, 1.165) is 5.56 Å². The van der Waals surface area contributed by atoms with Gasteiger partial charge in [0, 0.05) is 24.1 Å². The number of non-ortho nitro benzene ring substituents is 1. The third kappa shape index (κ3) is 3.17. The summed E-state index contributed by atoms with van der Waals surface area (Å²) in [4.78, 5) is 14.7. The SMILES string of the molecule is N#Cc1cc(NCC(O)c2ccsc2)nc2ccc([N+](=O)[O-])cc12. The van der Waals surface area contributed by atoms with Crippen molar-refractivity contribution in [1.29, 1.82) is 5.26 Å². The first kappa shape index (κ1) is 15.9. The normalized spacial score (nSPS) is 11.8. The molecule has 2 aromatic heterocycles. The Labute approximate surface area is 141 Å². The summed E-state index contributed by atoms with van der Waals surface area (Å²) in [6.07, 6.45) is -0.684. The van der Waals surface area contributed by atoms with Gasteiger partial charge in [0.1, 0.15) is 5.82 Å². The van der Waals surface area contributed by atoms with Crippen LogP contribution in [0.25, 0.3) is 10.9 Å². The Balaban J connectivity index is 1.88. The number of aliphatic hydroxyl groups is 1.